The molecule has 0 aliphatic carbocycles. The fourth-order valence-electron chi connectivity index (χ4n) is 1.24. The fourth-order valence-corrected chi connectivity index (χ4v) is 2.59. The topological polar surface area (TPSA) is 60.2 Å². The summed E-state index contributed by atoms with van der Waals surface area (Å²) in [6.45, 7) is 3.77. The van der Waals surface area contributed by atoms with Crippen LogP contribution in [0.4, 0.5) is 0 Å². The Morgan fingerprint density at radius 3 is 2.43 bits per heavy atom. The molecule has 0 fully saturated rings. The predicted molar refractivity (Wildman–Crippen MR) is 59.9 cm³/mol. The molecule has 0 aromatic heterocycles. The molecular weight excluding hydrogens is 266 g/mol. The first-order valence-corrected chi connectivity index (χ1v) is 6.56. The van der Waals surface area contributed by atoms with Crippen molar-refractivity contribution in [2.75, 3.05) is 0 Å². The summed E-state index contributed by atoms with van der Waals surface area (Å²) in [5.74, 6) is 0. The van der Waals surface area contributed by atoms with Crippen LogP contribution in [0.25, 0.3) is 0 Å². The lowest BCUT2D eigenvalue weighted by Gasteiger charge is -2.10. The van der Waals surface area contributed by atoms with E-state index in [-0.39, 0.29) is 9.72 Å². The molecule has 1 aromatic carbocycles. The van der Waals surface area contributed by atoms with E-state index in [1.165, 1.54) is 6.07 Å². The lowest BCUT2D eigenvalue weighted by atomic mass is 10.1. The van der Waals surface area contributed by atoms with Gasteiger partial charge in [0.05, 0.1) is 4.90 Å². The quantitative estimate of drug-likeness (QED) is 0.842. The van der Waals surface area contributed by atoms with E-state index in [1.807, 2.05) is 19.9 Å². The number of benzene rings is 1. The van der Waals surface area contributed by atoms with Crippen LogP contribution in [0.5, 0.6) is 0 Å². The third kappa shape index (κ3) is 2.56. The monoisotopic (exact) mass is 277 g/mol. The minimum absolute atomic E-state index is 0.0317. The second-order valence-corrected chi connectivity index (χ2v) is 6.11. The number of primary sulfonamides is 1. The Morgan fingerprint density at radius 2 is 2.00 bits per heavy atom. The molecule has 0 saturated carbocycles. The molecule has 0 amide bonds. The van der Waals surface area contributed by atoms with Crippen LogP contribution in [-0.2, 0) is 10.0 Å². The normalized spacial score (nSPS) is 14.0. The highest BCUT2D eigenvalue weighted by Crippen LogP contribution is 2.28. The summed E-state index contributed by atoms with van der Waals surface area (Å²) in [4.78, 5) is 0.156. The van der Waals surface area contributed by atoms with Gasteiger partial charge in [-0.05, 0) is 25.5 Å². The standard InChI is InChI=1S/C9H12BrNO2S/c1-6-3-4-9(14(11,12)13)8(5-6)7(2)10/h3-5,7H,1-2H3,(H2,11,12,13). The Balaban J connectivity index is 3.45. The maximum atomic E-state index is 11.2. The lowest BCUT2D eigenvalue weighted by molar-refractivity contribution is 0.596. The minimum atomic E-state index is -3.63. The van der Waals surface area contributed by atoms with Gasteiger partial charge in [0.25, 0.3) is 0 Å². The second kappa shape index (κ2) is 4.00. The molecule has 1 unspecified atom stereocenters. The number of rotatable bonds is 2. The van der Waals surface area contributed by atoms with Gasteiger partial charge in [-0.2, -0.15) is 0 Å². The van der Waals surface area contributed by atoms with Crippen molar-refractivity contribution >= 4 is 26.0 Å². The smallest absolute Gasteiger partial charge is 0.225 e. The number of halogens is 1. The van der Waals surface area contributed by atoms with Crippen molar-refractivity contribution in [1.29, 1.82) is 0 Å². The first kappa shape index (κ1) is 11.7. The van der Waals surface area contributed by atoms with Crippen molar-refractivity contribution in [2.24, 2.45) is 5.14 Å². The Morgan fingerprint density at radius 1 is 1.43 bits per heavy atom. The molecule has 0 aliphatic rings. The molecule has 1 aromatic rings. The summed E-state index contributed by atoms with van der Waals surface area (Å²) in [6, 6.07) is 5.09. The Hall–Kier alpha value is -0.390. The highest BCUT2D eigenvalue weighted by atomic mass is 79.9. The number of hydrogen-bond donors (Lipinski definition) is 1. The molecule has 1 rings (SSSR count). The van der Waals surface area contributed by atoms with Crippen molar-refractivity contribution in [3.63, 3.8) is 0 Å². The van der Waals surface area contributed by atoms with E-state index in [4.69, 9.17) is 5.14 Å². The first-order valence-electron chi connectivity index (χ1n) is 4.10. The third-order valence-electron chi connectivity index (χ3n) is 1.90. The van der Waals surface area contributed by atoms with Gasteiger partial charge >= 0.3 is 0 Å². The van der Waals surface area contributed by atoms with Gasteiger partial charge in [-0.3, -0.25) is 0 Å². The number of hydrogen-bond acceptors (Lipinski definition) is 2. The molecule has 1 atom stereocenters. The number of aryl methyl sites for hydroxylation is 1. The van der Waals surface area contributed by atoms with Crippen molar-refractivity contribution < 1.29 is 8.42 Å². The second-order valence-electron chi connectivity index (χ2n) is 3.20. The molecule has 0 spiro atoms. The molecule has 0 heterocycles. The molecule has 0 aliphatic heterocycles. The maximum Gasteiger partial charge on any atom is 0.238 e. The molecule has 0 saturated heterocycles. The molecule has 5 heteroatoms. The summed E-state index contributed by atoms with van der Waals surface area (Å²) in [7, 11) is -3.63. The van der Waals surface area contributed by atoms with Gasteiger partial charge in [0.2, 0.25) is 10.0 Å². The van der Waals surface area contributed by atoms with E-state index in [0.717, 1.165) is 5.56 Å². The minimum Gasteiger partial charge on any atom is -0.225 e. The SMILES string of the molecule is Cc1ccc(S(N)(=O)=O)c(C(C)Br)c1. The average Bonchev–Trinajstić information content (AvgIpc) is 2.01. The van der Waals surface area contributed by atoms with Crippen molar-refractivity contribution in [1.82, 2.24) is 0 Å². The number of nitrogens with two attached hydrogens (primary N) is 1. The van der Waals surface area contributed by atoms with Gasteiger partial charge in [0.15, 0.2) is 0 Å². The zero-order chi connectivity index (χ0) is 10.9. The summed E-state index contributed by atoms with van der Waals surface area (Å²) in [5.41, 5.74) is 1.71. The van der Waals surface area contributed by atoms with E-state index in [9.17, 15) is 8.42 Å². The highest BCUT2D eigenvalue weighted by molar-refractivity contribution is 9.09. The molecular formula is C9H12BrNO2S. The summed E-state index contributed by atoms with van der Waals surface area (Å²) >= 11 is 3.34. The van der Waals surface area contributed by atoms with Crippen LogP contribution in [0, 0.1) is 6.92 Å². The molecule has 0 radical (unpaired) electrons. The molecule has 78 valence electrons. The number of alkyl halides is 1. The largest absolute Gasteiger partial charge is 0.238 e. The average molecular weight is 278 g/mol. The van der Waals surface area contributed by atoms with E-state index in [1.54, 1.807) is 6.07 Å². The van der Waals surface area contributed by atoms with Gasteiger partial charge in [0, 0.05) is 4.83 Å². The number of sulfonamides is 1. The molecule has 2 N–H and O–H groups in total. The van der Waals surface area contributed by atoms with Gasteiger partial charge in [0.1, 0.15) is 0 Å². The summed E-state index contributed by atoms with van der Waals surface area (Å²) in [6.07, 6.45) is 0. The lowest BCUT2D eigenvalue weighted by Crippen LogP contribution is -2.14. The third-order valence-corrected chi connectivity index (χ3v) is 3.38. The van der Waals surface area contributed by atoms with Gasteiger partial charge in [-0.1, -0.05) is 33.6 Å². The predicted octanol–water partition coefficient (Wildman–Crippen LogP) is 2.10. The van der Waals surface area contributed by atoms with Crippen LogP contribution in [0.2, 0.25) is 0 Å². The van der Waals surface area contributed by atoms with Crippen molar-refractivity contribution in [3.8, 4) is 0 Å². The zero-order valence-corrected chi connectivity index (χ0v) is 10.4. The first-order chi connectivity index (χ1) is 6.32. The van der Waals surface area contributed by atoms with E-state index < -0.39 is 10.0 Å². The molecule has 3 nitrogen and oxygen atoms in total. The highest BCUT2D eigenvalue weighted by Gasteiger charge is 2.16. The van der Waals surface area contributed by atoms with Gasteiger partial charge < -0.3 is 0 Å². The van der Waals surface area contributed by atoms with Gasteiger partial charge in [-0.15, -0.1) is 0 Å². The summed E-state index contributed by atoms with van der Waals surface area (Å²) in [5, 5.41) is 5.10. The van der Waals surface area contributed by atoms with Crippen LogP contribution >= 0.6 is 15.9 Å². The maximum absolute atomic E-state index is 11.2. The molecule has 14 heavy (non-hydrogen) atoms. The Bertz CT molecular complexity index is 440. The van der Waals surface area contributed by atoms with Crippen molar-refractivity contribution in [2.45, 2.75) is 23.6 Å². The summed E-state index contributed by atoms with van der Waals surface area (Å²) < 4.78 is 22.5. The fraction of sp³-hybridized carbons (Fsp3) is 0.333. The van der Waals surface area contributed by atoms with Crippen LogP contribution in [0.3, 0.4) is 0 Å². The van der Waals surface area contributed by atoms with Crippen LogP contribution < -0.4 is 5.14 Å². The van der Waals surface area contributed by atoms with Crippen LogP contribution in [0.1, 0.15) is 22.9 Å². The van der Waals surface area contributed by atoms with E-state index in [0.29, 0.717) is 5.56 Å². The van der Waals surface area contributed by atoms with E-state index in [2.05, 4.69) is 15.9 Å². The Kier molecular flexibility index (Phi) is 3.34. The van der Waals surface area contributed by atoms with Gasteiger partial charge in [-0.25, -0.2) is 13.6 Å². The zero-order valence-electron chi connectivity index (χ0n) is 7.99. The van der Waals surface area contributed by atoms with E-state index >= 15 is 0 Å². The molecule has 0 bridgehead atoms. The van der Waals surface area contributed by atoms with Crippen LogP contribution in [0.15, 0.2) is 23.1 Å². The Labute approximate surface area is 92.5 Å². The van der Waals surface area contributed by atoms with Crippen molar-refractivity contribution in [3.05, 3.63) is 29.3 Å². The van der Waals surface area contributed by atoms with Crippen LogP contribution in [-0.4, -0.2) is 8.42 Å².